The van der Waals surface area contributed by atoms with Gasteiger partial charge < -0.3 is 15.5 Å². The molecule has 0 aliphatic carbocycles. The summed E-state index contributed by atoms with van der Waals surface area (Å²) in [6.45, 7) is 3.28. The average Bonchev–Trinajstić information content (AvgIpc) is 2.37. The van der Waals surface area contributed by atoms with Gasteiger partial charge in [-0.05, 0) is 12.1 Å². The van der Waals surface area contributed by atoms with Gasteiger partial charge in [0.05, 0.1) is 17.7 Å². The Kier molecular flexibility index (Phi) is 6.66. The van der Waals surface area contributed by atoms with Crippen molar-refractivity contribution in [3.8, 4) is 5.75 Å². The molecule has 3 N–H and O–H groups in total. The monoisotopic (exact) mass is 326 g/mol. The summed E-state index contributed by atoms with van der Waals surface area (Å²) in [6.07, 6.45) is 0. The van der Waals surface area contributed by atoms with E-state index in [1.807, 2.05) is 0 Å². The first kappa shape index (κ1) is 16.8. The summed E-state index contributed by atoms with van der Waals surface area (Å²) in [4.78, 5) is 2.11. The van der Waals surface area contributed by atoms with Crippen LogP contribution in [0.4, 0.5) is 0 Å². The average molecular weight is 328 g/mol. The van der Waals surface area contributed by atoms with Crippen LogP contribution in [0.15, 0.2) is 12.1 Å². The van der Waals surface area contributed by atoms with Gasteiger partial charge in [0.2, 0.25) is 0 Å². The van der Waals surface area contributed by atoms with E-state index >= 15 is 0 Å². The number of phenolic OH excluding ortho intramolecular Hbond substituents is 1. The van der Waals surface area contributed by atoms with Gasteiger partial charge in [-0.2, -0.15) is 0 Å². The standard InChI is InChI=1S/C12H16Cl2N2O2.ClH/c13-8-5-9(12(18)10(14)6-8)11(7-17)16-3-1-15-2-4-16;/h5-6,11,15,17-18H,1-4,7H2;1H/t11-;/m0./s1. The molecule has 0 amide bonds. The van der Waals surface area contributed by atoms with Crippen LogP contribution in [-0.4, -0.2) is 47.9 Å². The molecule has 4 nitrogen and oxygen atoms in total. The second-order valence-electron chi connectivity index (χ2n) is 4.31. The van der Waals surface area contributed by atoms with Crippen molar-refractivity contribution in [3.63, 3.8) is 0 Å². The Morgan fingerprint density at radius 1 is 1.26 bits per heavy atom. The molecule has 0 spiro atoms. The minimum absolute atomic E-state index is 0. The Morgan fingerprint density at radius 3 is 2.47 bits per heavy atom. The summed E-state index contributed by atoms with van der Waals surface area (Å²) < 4.78 is 0. The van der Waals surface area contributed by atoms with Gasteiger partial charge >= 0.3 is 0 Å². The largest absolute Gasteiger partial charge is 0.506 e. The van der Waals surface area contributed by atoms with Gasteiger partial charge in [-0.15, -0.1) is 12.4 Å². The van der Waals surface area contributed by atoms with Crippen molar-refractivity contribution < 1.29 is 10.2 Å². The smallest absolute Gasteiger partial charge is 0.139 e. The fourth-order valence-corrected chi connectivity index (χ4v) is 2.75. The zero-order valence-electron chi connectivity index (χ0n) is 10.3. The third-order valence-corrected chi connectivity index (χ3v) is 3.69. The molecule has 1 heterocycles. The van der Waals surface area contributed by atoms with E-state index in [0.717, 1.165) is 26.2 Å². The van der Waals surface area contributed by atoms with Crippen LogP contribution in [0.25, 0.3) is 0 Å². The highest BCUT2D eigenvalue weighted by molar-refractivity contribution is 6.35. The quantitative estimate of drug-likeness (QED) is 0.795. The number of rotatable bonds is 3. The van der Waals surface area contributed by atoms with Gasteiger partial charge in [-0.25, -0.2) is 0 Å². The van der Waals surface area contributed by atoms with Crippen molar-refractivity contribution in [1.29, 1.82) is 0 Å². The molecule has 1 fully saturated rings. The number of nitrogens with one attached hydrogen (secondary N) is 1. The highest BCUT2D eigenvalue weighted by Crippen LogP contribution is 2.36. The van der Waals surface area contributed by atoms with Gasteiger partial charge in [0.25, 0.3) is 0 Å². The molecule has 19 heavy (non-hydrogen) atoms. The molecule has 7 heteroatoms. The zero-order chi connectivity index (χ0) is 13.1. The number of halogens is 3. The minimum atomic E-state index is -0.275. The molecule has 1 aliphatic rings. The van der Waals surface area contributed by atoms with Crippen LogP contribution in [0.5, 0.6) is 5.75 Å². The van der Waals surface area contributed by atoms with E-state index < -0.39 is 0 Å². The van der Waals surface area contributed by atoms with Crippen LogP contribution in [0.2, 0.25) is 10.0 Å². The van der Waals surface area contributed by atoms with E-state index in [-0.39, 0.29) is 35.8 Å². The first-order valence-corrected chi connectivity index (χ1v) is 6.62. The van der Waals surface area contributed by atoms with Crippen LogP contribution < -0.4 is 5.32 Å². The molecule has 1 atom stereocenters. The van der Waals surface area contributed by atoms with E-state index in [2.05, 4.69) is 10.2 Å². The van der Waals surface area contributed by atoms with Crippen LogP contribution in [-0.2, 0) is 0 Å². The number of aliphatic hydroxyl groups excluding tert-OH is 1. The summed E-state index contributed by atoms with van der Waals surface area (Å²) in [5, 5.41) is 23.5. The summed E-state index contributed by atoms with van der Waals surface area (Å²) in [5.74, 6) is -0.00125. The van der Waals surface area contributed by atoms with E-state index in [9.17, 15) is 10.2 Å². The van der Waals surface area contributed by atoms with Gasteiger partial charge in [0.1, 0.15) is 5.75 Å². The third-order valence-electron chi connectivity index (χ3n) is 3.18. The van der Waals surface area contributed by atoms with Crippen molar-refractivity contribution in [2.75, 3.05) is 32.8 Å². The number of aliphatic hydroxyl groups is 1. The fraction of sp³-hybridized carbons (Fsp3) is 0.500. The number of hydrogen-bond acceptors (Lipinski definition) is 4. The molecular weight excluding hydrogens is 311 g/mol. The molecule has 2 rings (SSSR count). The molecular formula is C12H17Cl3N2O2. The molecule has 108 valence electrons. The molecule has 0 aromatic heterocycles. The zero-order valence-corrected chi connectivity index (χ0v) is 12.6. The SMILES string of the molecule is Cl.OC[C@@H](c1cc(Cl)cc(Cl)c1O)N1CCNCC1. The highest BCUT2D eigenvalue weighted by Gasteiger charge is 2.25. The van der Waals surface area contributed by atoms with Gasteiger partial charge in [-0.3, -0.25) is 4.90 Å². The van der Waals surface area contributed by atoms with Crippen molar-refractivity contribution in [3.05, 3.63) is 27.7 Å². The fourth-order valence-electron chi connectivity index (χ4n) is 2.24. The Hall–Kier alpha value is -0.230. The summed E-state index contributed by atoms with van der Waals surface area (Å²) >= 11 is 11.9. The van der Waals surface area contributed by atoms with Crippen molar-refractivity contribution in [2.45, 2.75) is 6.04 Å². The lowest BCUT2D eigenvalue weighted by molar-refractivity contribution is 0.109. The summed E-state index contributed by atoms with van der Waals surface area (Å²) in [7, 11) is 0. The van der Waals surface area contributed by atoms with Crippen LogP contribution in [0.1, 0.15) is 11.6 Å². The van der Waals surface area contributed by atoms with Crippen molar-refractivity contribution >= 4 is 35.6 Å². The normalized spacial score (nSPS) is 17.8. The molecule has 0 unspecified atom stereocenters. The maximum absolute atomic E-state index is 10.0. The van der Waals surface area contributed by atoms with Gasteiger partial charge in [0, 0.05) is 36.8 Å². The molecule has 1 aromatic rings. The topological polar surface area (TPSA) is 55.7 Å². The van der Waals surface area contributed by atoms with E-state index in [0.29, 0.717) is 10.6 Å². The number of phenols is 1. The summed E-state index contributed by atoms with van der Waals surface area (Å²) in [6, 6.07) is 2.88. The number of nitrogens with zero attached hydrogens (tertiary/aromatic N) is 1. The minimum Gasteiger partial charge on any atom is -0.506 e. The number of hydrogen-bond donors (Lipinski definition) is 3. The molecule has 1 saturated heterocycles. The highest BCUT2D eigenvalue weighted by atomic mass is 35.5. The number of piperazine rings is 1. The maximum Gasteiger partial charge on any atom is 0.139 e. The molecule has 0 saturated carbocycles. The molecule has 0 bridgehead atoms. The number of aromatic hydroxyl groups is 1. The predicted octanol–water partition coefficient (Wildman–Crippen LogP) is 2.06. The van der Waals surface area contributed by atoms with Crippen molar-refractivity contribution in [1.82, 2.24) is 10.2 Å². The second kappa shape index (κ2) is 7.53. The van der Waals surface area contributed by atoms with E-state index in [4.69, 9.17) is 23.2 Å². The van der Waals surface area contributed by atoms with Crippen LogP contribution in [0, 0.1) is 0 Å². The lowest BCUT2D eigenvalue weighted by Gasteiger charge is -2.34. The Bertz CT molecular complexity index is 426. The maximum atomic E-state index is 10.0. The van der Waals surface area contributed by atoms with E-state index in [1.54, 1.807) is 6.07 Å². The lowest BCUT2D eigenvalue weighted by atomic mass is 10.0. The van der Waals surface area contributed by atoms with Gasteiger partial charge in [0.15, 0.2) is 0 Å². The third kappa shape index (κ3) is 3.88. The van der Waals surface area contributed by atoms with Crippen LogP contribution in [0.3, 0.4) is 0 Å². The molecule has 1 aromatic carbocycles. The predicted molar refractivity (Wildman–Crippen MR) is 79.6 cm³/mol. The first-order chi connectivity index (χ1) is 8.63. The molecule has 0 radical (unpaired) electrons. The Morgan fingerprint density at radius 2 is 1.89 bits per heavy atom. The Labute approximate surface area is 128 Å². The van der Waals surface area contributed by atoms with Crippen LogP contribution >= 0.6 is 35.6 Å². The number of benzene rings is 1. The van der Waals surface area contributed by atoms with Gasteiger partial charge in [-0.1, -0.05) is 23.2 Å². The Balaban J connectivity index is 0.00000180. The lowest BCUT2D eigenvalue weighted by Crippen LogP contribution is -2.46. The molecule has 1 aliphatic heterocycles. The first-order valence-electron chi connectivity index (χ1n) is 5.87. The summed E-state index contributed by atoms with van der Waals surface area (Å²) in [5.41, 5.74) is 0.580. The van der Waals surface area contributed by atoms with Crippen molar-refractivity contribution in [2.24, 2.45) is 0 Å². The second-order valence-corrected chi connectivity index (χ2v) is 5.15. The van der Waals surface area contributed by atoms with E-state index in [1.165, 1.54) is 6.07 Å².